The van der Waals surface area contributed by atoms with Gasteiger partial charge in [-0.1, -0.05) is 0 Å². The number of carbonyl (C=O) groups excluding carboxylic acids is 1. The van der Waals surface area contributed by atoms with E-state index in [4.69, 9.17) is 9.47 Å². The van der Waals surface area contributed by atoms with Crippen LogP contribution in [0.15, 0.2) is 18.2 Å². The van der Waals surface area contributed by atoms with Gasteiger partial charge < -0.3 is 14.3 Å². The highest BCUT2D eigenvalue weighted by Gasteiger charge is 2.17. The van der Waals surface area contributed by atoms with Crippen LogP contribution in [-0.4, -0.2) is 39.5 Å². The fraction of sp³-hybridized carbons (Fsp3) is 0.417. The van der Waals surface area contributed by atoms with Crippen LogP contribution in [0, 0.1) is 0 Å². The van der Waals surface area contributed by atoms with Gasteiger partial charge in [-0.15, -0.1) is 0 Å². The third kappa shape index (κ3) is 2.52. The zero-order valence-corrected chi connectivity index (χ0v) is 10.1. The Morgan fingerprint density at radius 1 is 1.25 bits per heavy atom. The van der Waals surface area contributed by atoms with E-state index in [2.05, 4.69) is 0 Å². The minimum absolute atomic E-state index is 0.305. The Balaban J connectivity index is 3.16. The molecule has 0 amide bonds. The number of hydrogen-bond acceptors (Lipinski definition) is 4. The van der Waals surface area contributed by atoms with E-state index in [0.717, 1.165) is 11.8 Å². The summed E-state index contributed by atoms with van der Waals surface area (Å²) >= 11 is 0. The Bertz CT molecular complexity index is 363. The molecule has 0 aliphatic carbocycles. The molecule has 0 saturated carbocycles. The van der Waals surface area contributed by atoms with Gasteiger partial charge in [0.2, 0.25) is 0 Å². The first-order valence-corrected chi connectivity index (χ1v) is 4.97. The third-order valence-electron chi connectivity index (χ3n) is 2.44. The number of aldehydes is 1. The summed E-state index contributed by atoms with van der Waals surface area (Å²) in [6.45, 7) is 0. The van der Waals surface area contributed by atoms with E-state index in [1.807, 2.05) is 31.1 Å². The number of methoxy groups -OCH3 is 2. The van der Waals surface area contributed by atoms with Crippen molar-refractivity contribution >= 4 is 6.29 Å². The summed E-state index contributed by atoms with van der Waals surface area (Å²) in [6.07, 6.45) is 0.893. The summed E-state index contributed by atoms with van der Waals surface area (Å²) in [4.78, 5) is 12.9. The maximum Gasteiger partial charge on any atom is 0.141 e. The summed E-state index contributed by atoms with van der Waals surface area (Å²) in [5, 5.41) is 0. The molecule has 1 unspecified atom stereocenters. The van der Waals surface area contributed by atoms with Gasteiger partial charge in [0.25, 0.3) is 0 Å². The molecule has 0 heterocycles. The molecule has 1 atom stereocenters. The summed E-state index contributed by atoms with van der Waals surface area (Å²) in [5.74, 6) is 1.37. The molecule has 0 N–H and O–H groups in total. The molecule has 0 aliphatic rings. The molecule has 0 aliphatic heterocycles. The fourth-order valence-corrected chi connectivity index (χ4v) is 1.54. The monoisotopic (exact) mass is 223 g/mol. The zero-order valence-electron chi connectivity index (χ0n) is 10.1. The van der Waals surface area contributed by atoms with E-state index in [9.17, 15) is 4.79 Å². The molecule has 0 aromatic heterocycles. The molecule has 4 heteroatoms. The quantitative estimate of drug-likeness (QED) is 0.709. The van der Waals surface area contributed by atoms with Gasteiger partial charge in [-0.05, 0) is 26.2 Å². The van der Waals surface area contributed by atoms with Gasteiger partial charge in [0, 0.05) is 11.6 Å². The number of carbonyl (C=O) groups is 1. The average molecular weight is 223 g/mol. The summed E-state index contributed by atoms with van der Waals surface area (Å²) in [7, 11) is 6.87. The van der Waals surface area contributed by atoms with Crippen LogP contribution in [0.4, 0.5) is 0 Å². The lowest BCUT2D eigenvalue weighted by Gasteiger charge is -2.21. The van der Waals surface area contributed by atoms with Crippen LogP contribution in [0.1, 0.15) is 11.6 Å². The van der Waals surface area contributed by atoms with Gasteiger partial charge in [-0.3, -0.25) is 4.90 Å². The number of hydrogen-bond donors (Lipinski definition) is 0. The zero-order chi connectivity index (χ0) is 12.1. The minimum atomic E-state index is -0.305. The average Bonchev–Trinajstić information content (AvgIpc) is 2.29. The Morgan fingerprint density at radius 3 is 2.38 bits per heavy atom. The van der Waals surface area contributed by atoms with Gasteiger partial charge in [0.1, 0.15) is 17.8 Å². The molecule has 88 valence electrons. The Hall–Kier alpha value is -1.55. The number of benzene rings is 1. The van der Waals surface area contributed by atoms with Gasteiger partial charge in [0.05, 0.1) is 20.3 Å². The van der Waals surface area contributed by atoms with Crippen molar-refractivity contribution in [3.05, 3.63) is 23.8 Å². The number of nitrogens with zero attached hydrogens (tertiary/aromatic N) is 1. The molecule has 16 heavy (non-hydrogen) atoms. The van der Waals surface area contributed by atoms with Crippen molar-refractivity contribution in [2.75, 3.05) is 28.3 Å². The van der Waals surface area contributed by atoms with Crippen LogP contribution >= 0.6 is 0 Å². The minimum Gasteiger partial charge on any atom is -0.497 e. The van der Waals surface area contributed by atoms with E-state index in [1.54, 1.807) is 20.3 Å². The Kier molecular flexibility index (Phi) is 4.31. The molecule has 0 fully saturated rings. The van der Waals surface area contributed by atoms with Crippen molar-refractivity contribution in [2.45, 2.75) is 6.04 Å². The van der Waals surface area contributed by atoms with Crippen LogP contribution in [0.3, 0.4) is 0 Å². The second-order valence-corrected chi connectivity index (χ2v) is 3.65. The maximum absolute atomic E-state index is 11.0. The van der Waals surface area contributed by atoms with Crippen LogP contribution in [0.5, 0.6) is 11.5 Å². The first-order chi connectivity index (χ1) is 7.63. The van der Waals surface area contributed by atoms with E-state index in [0.29, 0.717) is 11.5 Å². The van der Waals surface area contributed by atoms with Crippen molar-refractivity contribution in [1.29, 1.82) is 0 Å². The van der Waals surface area contributed by atoms with E-state index in [-0.39, 0.29) is 6.04 Å². The van der Waals surface area contributed by atoms with Gasteiger partial charge in [-0.25, -0.2) is 0 Å². The first kappa shape index (κ1) is 12.5. The molecule has 0 bridgehead atoms. The first-order valence-electron chi connectivity index (χ1n) is 4.97. The van der Waals surface area contributed by atoms with Crippen LogP contribution in [0.2, 0.25) is 0 Å². The van der Waals surface area contributed by atoms with Crippen LogP contribution in [-0.2, 0) is 4.79 Å². The predicted octanol–water partition coefficient (Wildman–Crippen LogP) is 1.51. The van der Waals surface area contributed by atoms with Crippen LogP contribution < -0.4 is 9.47 Å². The number of rotatable bonds is 5. The Labute approximate surface area is 95.8 Å². The van der Waals surface area contributed by atoms with E-state index in [1.165, 1.54) is 0 Å². The maximum atomic E-state index is 11.0. The lowest BCUT2D eigenvalue weighted by atomic mass is 10.1. The summed E-state index contributed by atoms with van der Waals surface area (Å²) in [6, 6.07) is 5.13. The second kappa shape index (κ2) is 5.51. The third-order valence-corrected chi connectivity index (χ3v) is 2.44. The molecule has 0 radical (unpaired) electrons. The predicted molar refractivity (Wildman–Crippen MR) is 62.0 cm³/mol. The fourth-order valence-electron chi connectivity index (χ4n) is 1.54. The molecule has 4 nitrogen and oxygen atoms in total. The second-order valence-electron chi connectivity index (χ2n) is 3.65. The lowest BCUT2D eigenvalue weighted by Crippen LogP contribution is -2.21. The van der Waals surface area contributed by atoms with Crippen molar-refractivity contribution in [1.82, 2.24) is 4.90 Å². The highest BCUT2D eigenvalue weighted by atomic mass is 16.5. The molecular weight excluding hydrogens is 206 g/mol. The topological polar surface area (TPSA) is 38.8 Å². The number of ether oxygens (including phenoxy) is 2. The van der Waals surface area contributed by atoms with Crippen molar-refractivity contribution < 1.29 is 14.3 Å². The van der Waals surface area contributed by atoms with E-state index < -0.39 is 0 Å². The molecule has 0 spiro atoms. The molecule has 1 aromatic carbocycles. The summed E-state index contributed by atoms with van der Waals surface area (Å²) in [5.41, 5.74) is 0.836. The molecule has 0 saturated heterocycles. The smallest absolute Gasteiger partial charge is 0.141 e. The SMILES string of the molecule is COc1ccc(C(C=O)N(C)C)c(OC)c1. The largest absolute Gasteiger partial charge is 0.497 e. The highest BCUT2D eigenvalue weighted by Crippen LogP contribution is 2.30. The van der Waals surface area contributed by atoms with Gasteiger partial charge in [-0.2, -0.15) is 0 Å². The van der Waals surface area contributed by atoms with Crippen molar-refractivity contribution in [3.63, 3.8) is 0 Å². The standard InChI is InChI=1S/C12H17NO3/c1-13(2)11(8-14)10-6-5-9(15-3)7-12(10)16-4/h5-8,11H,1-4H3. The van der Waals surface area contributed by atoms with Gasteiger partial charge >= 0.3 is 0 Å². The normalized spacial score (nSPS) is 12.3. The van der Waals surface area contributed by atoms with Gasteiger partial charge in [0.15, 0.2) is 0 Å². The molecule has 1 aromatic rings. The van der Waals surface area contributed by atoms with Crippen molar-refractivity contribution in [2.24, 2.45) is 0 Å². The van der Waals surface area contributed by atoms with Crippen LogP contribution in [0.25, 0.3) is 0 Å². The van der Waals surface area contributed by atoms with Crippen molar-refractivity contribution in [3.8, 4) is 11.5 Å². The lowest BCUT2D eigenvalue weighted by molar-refractivity contribution is -0.111. The highest BCUT2D eigenvalue weighted by molar-refractivity contribution is 5.64. The molecular formula is C12H17NO3. The number of likely N-dealkylation sites (N-methyl/N-ethyl adjacent to an activating group) is 1. The Morgan fingerprint density at radius 2 is 1.94 bits per heavy atom. The summed E-state index contributed by atoms with van der Waals surface area (Å²) < 4.78 is 10.4. The molecule has 1 rings (SSSR count). The van der Waals surface area contributed by atoms with E-state index >= 15 is 0 Å².